The lowest BCUT2D eigenvalue weighted by atomic mass is 9.90. The van der Waals surface area contributed by atoms with Gasteiger partial charge in [0.2, 0.25) is 0 Å². The van der Waals surface area contributed by atoms with Gasteiger partial charge in [-0.3, -0.25) is 14.2 Å². The number of benzene rings is 1. The predicted octanol–water partition coefficient (Wildman–Crippen LogP) is 3.01. The van der Waals surface area contributed by atoms with E-state index in [4.69, 9.17) is 4.74 Å². The largest absolute Gasteiger partial charge is 0.381 e. The normalized spacial score (nSPS) is 18.6. The van der Waals surface area contributed by atoms with Crippen molar-refractivity contribution in [1.29, 1.82) is 0 Å². The van der Waals surface area contributed by atoms with Crippen LogP contribution in [0.3, 0.4) is 0 Å². The molecule has 1 saturated carbocycles. The first kappa shape index (κ1) is 22.2. The standard InChI is InChI=1S/C23H27FN4O4S/c1-27-9-6-16(25-27)13-22(29)21(12-15-7-10-32-11-8-15)28-14-18-20(26-28)5-4-19(24)23(18)33(30,31)17-2-3-17/h4-6,9,14-15,17,21H,2-3,7-8,10-13H2,1H3. The number of aryl methyl sites for hydroxylation is 1. The lowest BCUT2D eigenvalue weighted by Crippen LogP contribution is -2.27. The first-order valence-electron chi connectivity index (χ1n) is 11.3. The van der Waals surface area contributed by atoms with Crippen LogP contribution in [0.25, 0.3) is 10.9 Å². The minimum atomic E-state index is -3.77. The third kappa shape index (κ3) is 4.46. The molecule has 2 fully saturated rings. The SMILES string of the molecule is Cn1ccc(CC(=O)C(CC2CCOCC2)n2cc3c(S(=O)(=O)C4CC4)c(F)ccc3n2)n1. The lowest BCUT2D eigenvalue weighted by molar-refractivity contribution is -0.122. The second-order valence-corrected chi connectivity index (χ2v) is 11.3. The molecule has 1 aliphatic carbocycles. The van der Waals surface area contributed by atoms with Crippen molar-refractivity contribution in [3.05, 3.63) is 42.1 Å². The minimum absolute atomic E-state index is 0.0555. The van der Waals surface area contributed by atoms with Gasteiger partial charge >= 0.3 is 0 Å². The zero-order chi connectivity index (χ0) is 23.2. The van der Waals surface area contributed by atoms with Crippen LogP contribution in [0.2, 0.25) is 0 Å². The van der Waals surface area contributed by atoms with Crippen LogP contribution in [-0.2, 0) is 32.8 Å². The Morgan fingerprint density at radius 1 is 1.18 bits per heavy atom. The number of Topliss-reactive ketones (excluding diaryl/α,β-unsaturated/α-hetero) is 1. The van der Waals surface area contributed by atoms with Crippen molar-refractivity contribution in [1.82, 2.24) is 19.6 Å². The molecule has 2 aliphatic rings. The molecule has 5 rings (SSSR count). The van der Waals surface area contributed by atoms with Gasteiger partial charge in [0.15, 0.2) is 15.6 Å². The number of hydrogen-bond donors (Lipinski definition) is 0. The average Bonchev–Trinajstić information content (AvgIpc) is 3.46. The van der Waals surface area contributed by atoms with Crippen molar-refractivity contribution in [2.24, 2.45) is 13.0 Å². The summed E-state index contributed by atoms with van der Waals surface area (Å²) in [6, 6.07) is 3.83. The molecule has 0 spiro atoms. The van der Waals surface area contributed by atoms with Crippen molar-refractivity contribution in [3.8, 4) is 0 Å². The van der Waals surface area contributed by atoms with E-state index in [0.29, 0.717) is 43.7 Å². The molecule has 1 atom stereocenters. The number of carbonyl (C=O) groups excluding carboxylic acids is 1. The molecule has 176 valence electrons. The van der Waals surface area contributed by atoms with Crippen LogP contribution in [0.1, 0.15) is 43.8 Å². The van der Waals surface area contributed by atoms with Gasteiger partial charge in [0, 0.05) is 38.0 Å². The maximum atomic E-state index is 14.7. The number of carbonyl (C=O) groups is 1. The fourth-order valence-electron chi connectivity index (χ4n) is 4.59. The van der Waals surface area contributed by atoms with Crippen LogP contribution in [0.4, 0.5) is 4.39 Å². The highest BCUT2D eigenvalue weighted by atomic mass is 32.2. The van der Waals surface area contributed by atoms with Crippen LogP contribution in [0, 0.1) is 11.7 Å². The third-order valence-corrected chi connectivity index (χ3v) is 8.90. The maximum absolute atomic E-state index is 14.7. The van der Waals surface area contributed by atoms with Crippen LogP contribution in [0.15, 0.2) is 35.5 Å². The number of nitrogens with zero attached hydrogens (tertiary/aromatic N) is 4. The first-order chi connectivity index (χ1) is 15.8. The number of ketones is 1. The summed E-state index contributed by atoms with van der Waals surface area (Å²) in [5, 5.41) is 8.57. The number of rotatable bonds is 8. The Balaban J connectivity index is 1.53. The van der Waals surface area contributed by atoms with Gasteiger partial charge in [-0.05, 0) is 56.2 Å². The number of hydrogen-bond acceptors (Lipinski definition) is 6. The topological polar surface area (TPSA) is 96.1 Å². The Morgan fingerprint density at radius 2 is 1.94 bits per heavy atom. The van der Waals surface area contributed by atoms with Crippen molar-refractivity contribution in [3.63, 3.8) is 0 Å². The number of sulfone groups is 1. The lowest BCUT2D eigenvalue weighted by Gasteiger charge is -2.26. The van der Waals surface area contributed by atoms with Crippen molar-refractivity contribution in [2.45, 2.75) is 54.7 Å². The summed E-state index contributed by atoms with van der Waals surface area (Å²) in [5.74, 6) is -0.537. The molecule has 10 heteroatoms. The second-order valence-electron chi connectivity index (χ2n) is 9.09. The number of halogens is 1. The van der Waals surface area contributed by atoms with E-state index in [0.717, 1.165) is 18.9 Å². The van der Waals surface area contributed by atoms with Gasteiger partial charge in [0.05, 0.1) is 22.9 Å². The summed E-state index contributed by atoms with van der Waals surface area (Å²) in [6.45, 7) is 1.31. The van der Waals surface area contributed by atoms with Crippen LogP contribution in [-0.4, -0.2) is 52.2 Å². The van der Waals surface area contributed by atoms with Crippen LogP contribution < -0.4 is 0 Å². The summed E-state index contributed by atoms with van der Waals surface area (Å²) >= 11 is 0. The Kier molecular flexibility index (Phi) is 5.82. The molecule has 0 bridgehead atoms. The zero-order valence-corrected chi connectivity index (χ0v) is 19.3. The molecular weight excluding hydrogens is 447 g/mol. The average molecular weight is 475 g/mol. The Morgan fingerprint density at radius 3 is 2.61 bits per heavy atom. The molecule has 8 nitrogen and oxygen atoms in total. The minimum Gasteiger partial charge on any atom is -0.381 e. The number of fused-ring (bicyclic) bond motifs is 1. The third-order valence-electron chi connectivity index (χ3n) is 6.57. The second kappa shape index (κ2) is 8.64. The summed E-state index contributed by atoms with van der Waals surface area (Å²) in [5.41, 5.74) is 1.04. The van der Waals surface area contributed by atoms with E-state index in [1.807, 2.05) is 0 Å². The van der Waals surface area contributed by atoms with Gasteiger partial charge in [0.25, 0.3) is 0 Å². The highest BCUT2D eigenvalue weighted by molar-refractivity contribution is 7.92. The molecule has 1 aliphatic heterocycles. The first-order valence-corrected chi connectivity index (χ1v) is 12.9. The molecular formula is C23H27FN4O4S. The Hall–Kier alpha value is -2.59. The van der Waals surface area contributed by atoms with Gasteiger partial charge in [-0.1, -0.05) is 0 Å². The van der Waals surface area contributed by atoms with Crippen molar-refractivity contribution >= 4 is 26.5 Å². The summed E-state index contributed by atoms with van der Waals surface area (Å²) in [6.07, 6.45) is 6.82. The number of aromatic nitrogens is 4. The number of ether oxygens (including phenoxy) is 1. The molecule has 0 radical (unpaired) electrons. The molecule has 1 unspecified atom stereocenters. The quantitative estimate of drug-likeness (QED) is 0.498. The van der Waals surface area contributed by atoms with E-state index in [1.165, 1.54) is 16.9 Å². The molecule has 0 N–H and O–H groups in total. The highest BCUT2D eigenvalue weighted by Crippen LogP contribution is 2.38. The maximum Gasteiger partial charge on any atom is 0.184 e. The van der Waals surface area contributed by atoms with Gasteiger partial charge in [-0.15, -0.1) is 0 Å². The molecule has 3 aromatic rings. The van der Waals surface area contributed by atoms with Crippen LogP contribution >= 0.6 is 0 Å². The van der Waals surface area contributed by atoms with E-state index in [9.17, 15) is 17.6 Å². The zero-order valence-electron chi connectivity index (χ0n) is 18.5. The smallest absolute Gasteiger partial charge is 0.184 e. The molecule has 1 aromatic carbocycles. The predicted molar refractivity (Wildman–Crippen MR) is 119 cm³/mol. The van der Waals surface area contributed by atoms with Gasteiger partial charge in [-0.25, -0.2) is 12.8 Å². The molecule has 3 heterocycles. The highest BCUT2D eigenvalue weighted by Gasteiger charge is 2.40. The summed E-state index contributed by atoms with van der Waals surface area (Å²) in [4.78, 5) is 13.1. The van der Waals surface area contributed by atoms with Crippen molar-refractivity contribution in [2.75, 3.05) is 13.2 Å². The fraction of sp³-hybridized carbons (Fsp3) is 0.522. The van der Waals surface area contributed by atoms with Gasteiger partial charge < -0.3 is 4.74 Å². The molecule has 33 heavy (non-hydrogen) atoms. The molecule has 0 amide bonds. The fourth-order valence-corrected chi connectivity index (χ4v) is 6.49. The van der Waals surface area contributed by atoms with Crippen LogP contribution in [0.5, 0.6) is 0 Å². The van der Waals surface area contributed by atoms with E-state index < -0.39 is 26.9 Å². The van der Waals surface area contributed by atoms with Crippen molar-refractivity contribution < 1.29 is 22.3 Å². The van der Waals surface area contributed by atoms with E-state index in [2.05, 4.69) is 10.2 Å². The van der Waals surface area contributed by atoms with Gasteiger partial charge in [-0.2, -0.15) is 10.2 Å². The van der Waals surface area contributed by atoms with E-state index in [1.54, 1.807) is 24.0 Å². The summed E-state index contributed by atoms with van der Waals surface area (Å²) < 4.78 is 49.2. The molecule has 2 aromatic heterocycles. The van der Waals surface area contributed by atoms with Gasteiger partial charge in [0.1, 0.15) is 16.8 Å². The molecule has 1 saturated heterocycles. The monoisotopic (exact) mass is 474 g/mol. The van der Waals surface area contributed by atoms with E-state index in [-0.39, 0.29) is 28.4 Å². The Labute approximate surface area is 191 Å². The van der Waals surface area contributed by atoms with E-state index >= 15 is 0 Å². The summed E-state index contributed by atoms with van der Waals surface area (Å²) in [7, 11) is -1.98. The Bertz CT molecular complexity index is 1290.